The summed E-state index contributed by atoms with van der Waals surface area (Å²) in [7, 11) is -4.34. The van der Waals surface area contributed by atoms with Crippen LogP contribution in [0.3, 0.4) is 0 Å². The fraction of sp³-hybridized carbons (Fsp3) is 0.278. The summed E-state index contributed by atoms with van der Waals surface area (Å²) in [4.78, 5) is 11.5. The minimum Gasteiger partial charge on any atom is -0.282 e. The Morgan fingerprint density at radius 1 is 1.03 bits per heavy atom. The highest BCUT2D eigenvalue weighted by Crippen LogP contribution is 2.25. The fourth-order valence-corrected chi connectivity index (χ4v) is 4.91. The van der Waals surface area contributed by atoms with E-state index in [-0.39, 0.29) is 38.5 Å². The summed E-state index contributed by atoms with van der Waals surface area (Å²) in [6.07, 6.45) is 1.58. The van der Waals surface area contributed by atoms with Gasteiger partial charge in [0.2, 0.25) is 10.0 Å². The molecule has 1 fully saturated rings. The third-order valence-corrected chi connectivity index (χ3v) is 7.04. The summed E-state index contributed by atoms with van der Waals surface area (Å²) in [5.41, 5.74) is 0.492. The Bertz CT molecular complexity index is 1270. The molecule has 13 heteroatoms. The molecular weight excluding hydrogens is 439 g/mol. The van der Waals surface area contributed by atoms with Crippen LogP contribution in [0.4, 0.5) is 18.9 Å². The van der Waals surface area contributed by atoms with Crippen molar-refractivity contribution in [1.29, 1.82) is 0 Å². The Balaban J connectivity index is 1.48. The molecular formula is C18H16F3N5O4S. The van der Waals surface area contributed by atoms with Crippen LogP contribution in [0, 0.1) is 27.6 Å². The van der Waals surface area contributed by atoms with Crippen molar-refractivity contribution in [2.45, 2.75) is 11.6 Å². The van der Waals surface area contributed by atoms with E-state index in [0.717, 1.165) is 9.69 Å². The van der Waals surface area contributed by atoms with Crippen molar-refractivity contribution in [3.63, 3.8) is 0 Å². The molecule has 0 saturated carbocycles. The van der Waals surface area contributed by atoms with Crippen molar-refractivity contribution < 1.29 is 26.5 Å². The number of hydrogen-bond acceptors (Lipinski definition) is 6. The quantitative estimate of drug-likeness (QED) is 0.333. The van der Waals surface area contributed by atoms with Crippen LogP contribution in [0.25, 0.3) is 10.9 Å². The molecule has 2 aromatic carbocycles. The standard InChI is InChI=1S/C18H16F3N5O4S/c19-14-3-4-16(18(21)17(14)20)31(29,30)24-7-5-23(6-8-24)11-25-15-9-13(26(27)28)2-1-12(15)10-22-25/h1-4,9-10H,5-8,11H2. The molecule has 1 aliphatic heterocycles. The van der Waals surface area contributed by atoms with Gasteiger partial charge in [0.15, 0.2) is 17.5 Å². The molecule has 4 rings (SSSR count). The monoisotopic (exact) mass is 455 g/mol. The van der Waals surface area contributed by atoms with Crippen molar-refractivity contribution in [1.82, 2.24) is 19.0 Å². The van der Waals surface area contributed by atoms with Crippen LogP contribution in [0.2, 0.25) is 0 Å². The lowest BCUT2D eigenvalue weighted by atomic mass is 10.2. The van der Waals surface area contributed by atoms with Gasteiger partial charge in [0.05, 0.1) is 23.3 Å². The van der Waals surface area contributed by atoms with Crippen LogP contribution in [0.15, 0.2) is 41.4 Å². The molecule has 0 radical (unpaired) electrons. The van der Waals surface area contributed by atoms with Gasteiger partial charge in [-0.2, -0.15) is 9.40 Å². The molecule has 0 aliphatic carbocycles. The first-order valence-corrected chi connectivity index (χ1v) is 10.6. The second-order valence-electron chi connectivity index (χ2n) is 6.98. The van der Waals surface area contributed by atoms with E-state index in [1.807, 2.05) is 4.90 Å². The number of hydrogen-bond donors (Lipinski definition) is 0. The molecule has 0 unspecified atom stereocenters. The van der Waals surface area contributed by atoms with Crippen molar-refractivity contribution in [2.24, 2.45) is 0 Å². The van der Waals surface area contributed by atoms with E-state index < -0.39 is 37.3 Å². The zero-order chi connectivity index (χ0) is 22.3. The Labute approximate surface area is 174 Å². The van der Waals surface area contributed by atoms with Gasteiger partial charge in [-0.3, -0.25) is 19.7 Å². The number of nitrogens with zero attached hydrogens (tertiary/aromatic N) is 5. The highest BCUT2D eigenvalue weighted by atomic mass is 32.2. The van der Waals surface area contributed by atoms with Crippen LogP contribution in [0.5, 0.6) is 0 Å². The van der Waals surface area contributed by atoms with Crippen LogP contribution in [-0.4, -0.2) is 58.5 Å². The maximum atomic E-state index is 14.0. The summed E-state index contributed by atoms with van der Waals surface area (Å²) >= 11 is 0. The first kappa shape index (κ1) is 21.2. The van der Waals surface area contributed by atoms with E-state index in [2.05, 4.69) is 5.10 Å². The number of non-ortho nitro benzene ring substituents is 1. The molecule has 1 aromatic heterocycles. The largest absolute Gasteiger partial charge is 0.282 e. The minimum absolute atomic E-state index is 0.000117. The van der Waals surface area contributed by atoms with E-state index in [1.54, 1.807) is 16.9 Å². The highest BCUT2D eigenvalue weighted by Gasteiger charge is 2.32. The topological polar surface area (TPSA) is 102 Å². The lowest BCUT2D eigenvalue weighted by Crippen LogP contribution is -2.49. The van der Waals surface area contributed by atoms with Crippen LogP contribution in [0.1, 0.15) is 0 Å². The van der Waals surface area contributed by atoms with E-state index in [1.165, 1.54) is 12.1 Å². The van der Waals surface area contributed by atoms with Gasteiger partial charge < -0.3 is 0 Å². The average Bonchev–Trinajstić information content (AvgIpc) is 3.14. The van der Waals surface area contributed by atoms with Gasteiger partial charge in [0, 0.05) is 43.7 Å². The predicted molar refractivity (Wildman–Crippen MR) is 103 cm³/mol. The molecule has 0 bridgehead atoms. The zero-order valence-corrected chi connectivity index (χ0v) is 16.7. The molecule has 0 amide bonds. The zero-order valence-electron chi connectivity index (χ0n) is 15.9. The summed E-state index contributed by atoms with van der Waals surface area (Å²) in [5.74, 6) is -5.04. The maximum absolute atomic E-state index is 14.0. The summed E-state index contributed by atoms with van der Waals surface area (Å²) in [5, 5.41) is 16.0. The van der Waals surface area contributed by atoms with Gasteiger partial charge in [-0.05, 0) is 18.2 Å². The number of aromatic nitrogens is 2. The smallest absolute Gasteiger partial charge is 0.271 e. The molecule has 0 N–H and O–H groups in total. The van der Waals surface area contributed by atoms with E-state index in [9.17, 15) is 31.7 Å². The molecule has 164 valence electrons. The number of sulfonamides is 1. The average molecular weight is 455 g/mol. The van der Waals surface area contributed by atoms with E-state index in [0.29, 0.717) is 17.6 Å². The van der Waals surface area contributed by atoms with Crippen molar-refractivity contribution in [3.05, 3.63) is 64.1 Å². The summed E-state index contributed by atoms with van der Waals surface area (Å²) in [6.45, 7) is 0.792. The lowest BCUT2D eigenvalue weighted by molar-refractivity contribution is -0.384. The number of nitro groups is 1. The molecule has 31 heavy (non-hydrogen) atoms. The van der Waals surface area contributed by atoms with Gasteiger partial charge in [0.25, 0.3) is 5.69 Å². The number of halogens is 3. The SMILES string of the molecule is O=[N+]([O-])c1ccc2cnn(CN3CCN(S(=O)(=O)c4ccc(F)c(F)c4F)CC3)c2c1. The van der Waals surface area contributed by atoms with Crippen LogP contribution >= 0.6 is 0 Å². The molecule has 1 aliphatic rings. The lowest BCUT2D eigenvalue weighted by Gasteiger charge is -2.33. The van der Waals surface area contributed by atoms with Crippen LogP contribution in [-0.2, 0) is 16.7 Å². The minimum atomic E-state index is -4.34. The fourth-order valence-electron chi connectivity index (χ4n) is 3.43. The molecule has 1 saturated heterocycles. The molecule has 3 aromatic rings. The maximum Gasteiger partial charge on any atom is 0.271 e. The molecule has 0 spiro atoms. The van der Waals surface area contributed by atoms with Crippen molar-refractivity contribution >= 4 is 26.6 Å². The van der Waals surface area contributed by atoms with Gasteiger partial charge in [-0.15, -0.1) is 0 Å². The molecule has 9 nitrogen and oxygen atoms in total. The number of piperazine rings is 1. The van der Waals surface area contributed by atoms with Gasteiger partial charge >= 0.3 is 0 Å². The van der Waals surface area contributed by atoms with Crippen LogP contribution < -0.4 is 0 Å². The first-order valence-electron chi connectivity index (χ1n) is 9.14. The molecule has 2 heterocycles. The normalized spacial score (nSPS) is 16.1. The summed E-state index contributed by atoms with van der Waals surface area (Å²) < 4.78 is 68.5. The van der Waals surface area contributed by atoms with Crippen molar-refractivity contribution in [2.75, 3.05) is 26.2 Å². The number of rotatable bonds is 5. The Morgan fingerprint density at radius 2 is 1.74 bits per heavy atom. The second kappa shape index (κ2) is 7.90. The van der Waals surface area contributed by atoms with E-state index >= 15 is 0 Å². The Morgan fingerprint density at radius 3 is 2.42 bits per heavy atom. The van der Waals surface area contributed by atoms with Crippen molar-refractivity contribution in [3.8, 4) is 0 Å². The Kier molecular flexibility index (Phi) is 5.41. The van der Waals surface area contributed by atoms with Gasteiger partial charge in [-0.25, -0.2) is 21.6 Å². The van der Waals surface area contributed by atoms with Gasteiger partial charge in [0.1, 0.15) is 4.90 Å². The predicted octanol–water partition coefficient (Wildman–Crippen LogP) is 2.33. The number of nitro benzene ring substituents is 1. The Hall–Kier alpha value is -3.03. The summed E-state index contributed by atoms with van der Waals surface area (Å²) in [6, 6.07) is 5.67. The molecule has 0 atom stereocenters. The number of fused-ring (bicyclic) bond motifs is 1. The van der Waals surface area contributed by atoms with Gasteiger partial charge in [-0.1, -0.05) is 0 Å². The van der Waals surface area contributed by atoms with E-state index in [4.69, 9.17) is 0 Å². The number of benzene rings is 2. The first-order chi connectivity index (χ1) is 14.7. The third kappa shape index (κ3) is 3.86. The second-order valence-corrected chi connectivity index (χ2v) is 8.89. The third-order valence-electron chi connectivity index (χ3n) is 5.12. The highest BCUT2D eigenvalue weighted by molar-refractivity contribution is 7.89.